The summed E-state index contributed by atoms with van der Waals surface area (Å²) in [6.07, 6.45) is 0. The first-order chi connectivity index (χ1) is 7.30. The first-order valence-electron chi connectivity index (χ1n) is 4.37. The lowest BCUT2D eigenvalue weighted by molar-refractivity contribution is 0.210. The summed E-state index contributed by atoms with van der Waals surface area (Å²) in [5, 5.41) is 2.95. The number of hydrogen-bond acceptors (Lipinski definition) is 7. The molecule has 1 rings (SSSR count). The molecule has 1 aromatic heterocycles. The molecule has 1 N–H and O–H groups in total. The Kier molecular flexibility index (Phi) is 4.55. The first kappa shape index (κ1) is 11.4. The van der Waals surface area contributed by atoms with Gasteiger partial charge in [-0.25, -0.2) is 0 Å². The lowest BCUT2D eigenvalue weighted by Gasteiger charge is -2.06. The van der Waals surface area contributed by atoms with Crippen LogP contribution in [-0.2, 0) is 4.74 Å². The number of aromatic nitrogens is 3. The van der Waals surface area contributed by atoms with Crippen LogP contribution in [0.3, 0.4) is 0 Å². The van der Waals surface area contributed by atoms with Crippen molar-refractivity contribution in [2.45, 2.75) is 0 Å². The maximum Gasteiger partial charge on any atom is 0.324 e. The van der Waals surface area contributed by atoms with Gasteiger partial charge >= 0.3 is 12.0 Å². The molecule has 84 valence electrons. The zero-order valence-corrected chi connectivity index (χ0v) is 8.98. The molecule has 0 atom stereocenters. The van der Waals surface area contributed by atoms with Crippen LogP contribution in [0.4, 0.5) is 5.95 Å². The van der Waals surface area contributed by atoms with Crippen molar-refractivity contribution < 1.29 is 14.2 Å². The molecule has 0 spiro atoms. The fourth-order valence-corrected chi connectivity index (χ4v) is 0.865. The van der Waals surface area contributed by atoms with Crippen LogP contribution in [0.5, 0.6) is 12.0 Å². The third-order valence-corrected chi connectivity index (χ3v) is 1.55. The molecule has 0 unspecified atom stereocenters. The maximum atomic E-state index is 4.89. The first-order valence-corrected chi connectivity index (χ1v) is 4.37. The minimum atomic E-state index is 0.210. The molecular weight excluding hydrogens is 200 g/mol. The van der Waals surface area contributed by atoms with Gasteiger partial charge in [0.2, 0.25) is 5.95 Å². The van der Waals surface area contributed by atoms with Gasteiger partial charge in [-0.1, -0.05) is 0 Å². The van der Waals surface area contributed by atoms with Crippen LogP contribution in [0.25, 0.3) is 0 Å². The fraction of sp³-hybridized carbons (Fsp3) is 0.625. The van der Waals surface area contributed by atoms with Crippen LogP contribution in [0.15, 0.2) is 0 Å². The Balaban J connectivity index is 2.68. The van der Waals surface area contributed by atoms with E-state index in [1.165, 1.54) is 14.2 Å². The highest BCUT2D eigenvalue weighted by Gasteiger charge is 2.05. The fourth-order valence-electron chi connectivity index (χ4n) is 0.865. The lowest BCUT2D eigenvalue weighted by Crippen LogP contribution is -2.11. The number of ether oxygens (including phenoxy) is 3. The maximum absolute atomic E-state index is 4.89. The highest BCUT2D eigenvalue weighted by atomic mass is 16.5. The molecule has 0 saturated heterocycles. The minimum absolute atomic E-state index is 0.210. The topological polar surface area (TPSA) is 78.4 Å². The molecule has 0 aromatic carbocycles. The standard InChI is InChI=1S/C8H14N4O3/c1-13-5-4-9-6-10-7(14-2)12-8(11-6)15-3/h4-5H2,1-3H3,(H,9,10,11,12). The van der Waals surface area contributed by atoms with Gasteiger partial charge in [-0.15, -0.1) is 4.98 Å². The zero-order valence-electron chi connectivity index (χ0n) is 8.98. The van der Waals surface area contributed by atoms with Gasteiger partial charge in [0.25, 0.3) is 0 Å². The average Bonchev–Trinajstić information content (AvgIpc) is 2.29. The Morgan fingerprint density at radius 2 is 1.60 bits per heavy atom. The van der Waals surface area contributed by atoms with E-state index in [1.807, 2.05) is 0 Å². The summed E-state index contributed by atoms with van der Waals surface area (Å²) in [7, 11) is 4.58. The van der Waals surface area contributed by atoms with Crippen molar-refractivity contribution in [2.75, 3.05) is 39.8 Å². The minimum Gasteiger partial charge on any atom is -0.467 e. The van der Waals surface area contributed by atoms with Gasteiger partial charge in [0, 0.05) is 13.7 Å². The normalized spacial score (nSPS) is 9.80. The van der Waals surface area contributed by atoms with E-state index in [4.69, 9.17) is 14.2 Å². The molecule has 0 radical (unpaired) electrons. The number of methoxy groups -OCH3 is 3. The van der Waals surface area contributed by atoms with Gasteiger partial charge in [-0.3, -0.25) is 0 Å². The molecule has 0 aliphatic carbocycles. The van der Waals surface area contributed by atoms with E-state index >= 15 is 0 Å². The van der Waals surface area contributed by atoms with Crippen molar-refractivity contribution in [1.82, 2.24) is 15.0 Å². The van der Waals surface area contributed by atoms with Crippen LogP contribution in [-0.4, -0.2) is 49.4 Å². The van der Waals surface area contributed by atoms with Gasteiger partial charge in [0.05, 0.1) is 20.8 Å². The number of hydrogen-bond donors (Lipinski definition) is 1. The molecule has 0 saturated carbocycles. The van der Waals surface area contributed by atoms with Gasteiger partial charge in [0.1, 0.15) is 0 Å². The monoisotopic (exact) mass is 214 g/mol. The van der Waals surface area contributed by atoms with Crippen molar-refractivity contribution in [3.8, 4) is 12.0 Å². The van der Waals surface area contributed by atoms with Gasteiger partial charge in [-0.05, 0) is 0 Å². The van der Waals surface area contributed by atoms with Crippen molar-refractivity contribution in [2.24, 2.45) is 0 Å². The summed E-state index contributed by atoms with van der Waals surface area (Å²) in [6.45, 7) is 1.17. The molecule has 0 aliphatic heterocycles. The van der Waals surface area contributed by atoms with E-state index in [0.717, 1.165) is 0 Å². The summed E-state index contributed by atoms with van der Waals surface area (Å²) in [5.74, 6) is 0.399. The summed E-state index contributed by atoms with van der Waals surface area (Å²) in [4.78, 5) is 11.8. The summed E-state index contributed by atoms with van der Waals surface area (Å²) >= 11 is 0. The zero-order chi connectivity index (χ0) is 11.1. The third kappa shape index (κ3) is 3.55. The number of nitrogens with zero attached hydrogens (tertiary/aromatic N) is 3. The molecule has 7 heteroatoms. The quantitative estimate of drug-likeness (QED) is 0.665. The molecule has 0 aliphatic rings. The smallest absolute Gasteiger partial charge is 0.324 e. The van der Waals surface area contributed by atoms with Crippen LogP contribution in [0.2, 0.25) is 0 Å². The largest absolute Gasteiger partial charge is 0.467 e. The van der Waals surface area contributed by atoms with E-state index in [2.05, 4.69) is 20.3 Å². The number of anilines is 1. The third-order valence-electron chi connectivity index (χ3n) is 1.55. The van der Waals surface area contributed by atoms with E-state index in [-0.39, 0.29) is 12.0 Å². The molecular formula is C8H14N4O3. The predicted octanol–water partition coefficient (Wildman–Crippen LogP) is -0.0529. The van der Waals surface area contributed by atoms with Crippen molar-refractivity contribution in [3.05, 3.63) is 0 Å². The van der Waals surface area contributed by atoms with Crippen molar-refractivity contribution in [1.29, 1.82) is 0 Å². The van der Waals surface area contributed by atoms with Crippen molar-refractivity contribution in [3.63, 3.8) is 0 Å². The van der Waals surface area contributed by atoms with Gasteiger partial charge in [0.15, 0.2) is 0 Å². The van der Waals surface area contributed by atoms with Gasteiger partial charge in [-0.2, -0.15) is 9.97 Å². The Morgan fingerprint density at radius 1 is 1.00 bits per heavy atom. The molecule has 1 heterocycles. The molecule has 15 heavy (non-hydrogen) atoms. The number of nitrogens with one attached hydrogen (secondary N) is 1. The summed E-state index contributed by atoms with van der Waals surface area (Å²) < 4.78 is 14.7. The Morgan fingerprint density at radius 3 is 2.07 bits per heavy atom. The van der Waals surface area contributed by atoms with Crippen LogP contribution >= 0.6 is 0 Å². The SMILES string of the molecule is COCCNc1nc(OC)nc(OC)n1. The average molecular weight is 214 g/mol. The second kappa shape index (κ2) is 5.97. The predicted molar refractivity (Wildman–Crippen MR) is 53.3 cm³/mol. The lowest BCUT2D eigenvalue weighted by atomic mass is 10.7. The molecule has 0 fully saturated rings. The second-order valence-corrected chi connectivity index (χ2v) is 2.55. The molecule has 0 amide bonds. The highest BCUT2D eigenvalue weighted by Crippen LogP contribution is 2.11. The Hall–Kier alpha value is -1.63. The summed E-state index contributed by atoms with van der Waals surface area (Å²) in [5.41, 5.74) is 0. The van der Waals surface area contributed by atoms with Crippen LogP contribution in [0.1, 0.15) is 0 Å². The molecule has 7 nitrogen and oxygen atoms in total. The molecule has 0 bridgehead atoms. The van der Waals surface area contributed by atoms with Crippen molar-refractivity contribution >= 4 is 5.95 Å². The highest BCUT2D eigenvalue weighted by molar-refractivity contribution is 5.27. The Labute approximate surface area is 87.8 Å². The van der Waals surface area contributed by atoms with Crippen LogP contribution < -0.4 is 14.8 Å². The van der Waals surface area contributed by atoms with Gasteiger partial charge < -0.3 is 19.5 Å². The van der Waals surface area contributed by atoms with E-state index in [0.29, 0.717) is 19.1 Å². The van der Waals surface area contributed by atoms with E-state index < -0.39 is 0 Å². The Bertz CT molecular complexity index is 286. The van der Waals surface area contributed by atoms with E-state index in [1.54, 1.807) is 7.11 Å². The molecule has 1 aromatic rings. The van der Waals surface area contributed by atoms with E-state index in [9.17, 15) is 0 Å². The summed E-state index contributed by atoms with van der Waals surface area (Å²) in [6, 6.07) is 0.420. The second-order valence-electron chi connectivity index (χ2n) is 2.55. The number of rotatable bonds is 6. The van der Waals surface area contributed by atoms with Crippen LogP contribution in [0, 0.1) is 0 Å².